The third-order valence-electron chi connectivity index (χ3n) is 16.5. The molecule has 0 fully saturated rings. The van der Waals surface area contributed by atoms with E-state index in [2.05, 4.69) is 111 Å². The van der Waals surface area contributed by atoms with E-state index < -0.39 is 0 Å². The van der Waals surface area contributed by atoms with Crippen molar-refractivity contribution in [2.24, 2.45) is 45.3 Å². The Balaban J connectivity index is -0.000000665. The second-order valence-corrected chi connectivity index (χ2v) is 30.1. The zero-order valence-corrected chi connectivity index (χ0v) is 72.3. The van der Waals surface area contributed by atoms with Crippen LogP contribution in [0, 0.1) is 45.3 Å². The molecular formula is C80H168O26. The van der Waals surface area contributed by atoms with Gasteiger partial charge in [0.15, 0.2) is 0 Å². The Bertz CT molecular complexity index is 1650. The smallest absolute Gasteiger partial charge is 0.104 e. The maximum atomic E-state index is 6.25. The summed E-state index contributed by atoms with van der Waals surface area (Å²) < 4.78 is 143. The average molecular weight is 1550 g/mol. The molecule has 26 heteroatoms. The Hall–Kier alpha value is -1.04. The average Bonchev–Trinajstić information content (AvgIpc) is 0.900. The first-order chi connectivity index (χ1) is 50.8. The van der Waals surface area contributed by atoms with Crippen molar-refractivity contribution in [1.82, 2.24) is 0 Å². The molecule has 0 aromatic carbocycles. The largest absolute Gasteiger partial charge is 0.382 e. The highest BCUT2D eigenvalue weighted by Gasteiger charge is 2.31. The second kappa shape index (κ2) is 80.6. The molecule has 0 saturated carbocycles. The molecule has 0 aliphatic carbocycles. The van der Waals surface area contributed by atoms with Gasteiger partial charge in [0.1, 0.15) is 18.3 Å². The van der Waals surface area contributed by atoms with Gasteiger partial charge in [-0.25, -0.2) is 0 Å². The lowest BCUT2D eigenvalue weighted by atomic mass is 9.81. The van der Waals surface area contributed by atoms with Gasteiger partial charge in [0, 0.05) is 100 Å². The number of hydrogen-bond donors (Lipinski definition) is 0. The zero-order valence-electron chi connectivity index (χ0n) is 72.3. The Morgan fingerprint density at radius 1 is 0.170 bits per heavy atom. The first kappa shape index (κ1) is 111. The zero-order chi connectivity index (χ0) is 80.1. The summed E-state index contributed by atoms with van der Waals surface area (Å²) >= 11 is 0. The molecule has 26 nitrogen and oxygen atoms in total. The number of ether oxygens (including phenoxy) is 26. The molecule has 6 unspecified atom stereocenters. The van der Waals surface area contributed by atoms with Gasteiger partial charge in [-0.1, -0.05) is 111 Å². The van der Waals surface area contributed by atoms with Crippen LogP contribution in [0.25, 0.3) is 0 Å². The standard InChI is InChI=1S/C25H52O9.C21H44O7.2C17H36O5/c1-8-9-29-18-23(19-30-13-10-26-5)33-16-22(25(2,3)4)17-34-24(20-31-14-11-27-6)21-32-15-12-28-7;1-6-7-23-10-11-25-14-16-27-18-20(21(2,3)4)19-28-17-15-26-13-12-24-9-8-22-5;1-8-15(11-18-5)21-9-14(17(2,3)4)10-22-16(12-19-6)13-20-7;1-6-7-19-10-12-21-14-16(17(2,3)4)15-22-13-11-20-9-8-18-5/h22-24H,8-21H2,1-7H3;20H,6-19H2,1-5H3;14-16H,8-13H2,1-7H3;16H,6-15H2,1-5H3. The molecule has 0 rings (SSSR count). The van der Waals surface area contributed by atoms with Crippen molar-refractivity contribution in [1.29, 1.82) is 0 Å². The van der Waals surface area contributed by atoms with Crippen LogP contribution < -0.4 is 0 Å². The normalized spacial score (nSPS) is 14.0. The quantitative estimate of drug-likeness (QED) is 0.0514. The summed E-state index contributed by atoms with van der Waals surface area (Å²) in [5, 5.41) is 0. The highest BCUT2D eigenvalue weighted by atomic mass is 16.6. The van der Waals surface area contributed by atoms with Gasteiger partial charge < -0.3 is 123 Å². The van der Waals surface area contributed by atoms with E-state index in [1.807, 2.05) is 0 Å². The Morgan fingerprint density at radius 2 is 0.340 bits per heavy atom. The SMILES string of the molecule is CCC(COC)OCC(COC(COC)COC)C(C)(C)C.CCCOCC(COCCOC)OCC(COC(COCCOC)COCCOC)C(C)(C)C.CCCOCCOCC(COCCOCCOC)C(C)(C)C.CCCOCCOCCOCC(COCCOCCOCCOC)C(C)(C)C. The molecule has 0 aliphatic rings. The van der Waals surface area contributed by atoms with Crippen molar-refractivity contribution in [3.05, 3.63) is 0 Å². The van der Waals surface area contributed by atoms with Gasteiger partial charge in [-0.05, 0) is 47.3 Å². The minimum Gasteiger partial charge on any atom is -0.382 e. The van der Waals surface area contributed by atoms with Gasteiger partial charge in [0.25, 0.3) is 0 Å². The van der Waals surface area contributed by atoms with Crippen molar-refractivity contribution < 1.29 is 123 Å². The number of rotatable bonds is 74. The first-order valence-electron chi connectivity index (χ1n) is 39.3. The number of methoxy groups -OCH3 is 8. The lowest BCUT2D eigenvalue weighted by Crippen LogP contribution is -2.37. The van der Waals surface area contributed by atoms with Crippen molar-refractivity contribution in [3.63, 3.8) is 0 Å². The van der Waals surface area contributed by atoms with E-state index in [1.54, 1.807) is 56.9 Å². The Kier molecular flexibility index (Phi) is 84.6. The molecule has 0 radical (unpaired) electrons. The summed E-state index contributed by atoms with van der Waals surface area (Å²) in [6.45, 7) is 58.7. The predicted molar refractivity (Wildman–Crippen MR) is 418 cm³/mol. The molecular weight excluding hydrogens is 1380 g/mol. The van der Waals surface area contributed by atoms with Crippen LogP contribution >= 0.6 is 0 Å². The van der Waals surface area contributed by atoms with Gasteiger partial charge in [-0.15, -0.1) is 0 Å². The summed E-state index contributed by atoms with van der Waals surface area (Å²) in [6.07, 6.45) is 3.78. The molecule has 644 valence electrons. The second-order valence-electron chi connectivity index (χ2n) is 30.1. The van der Waals surface area contributed by atoms with E-state index in [1.165, 1.54) is 0 Å². The molecule has 0 spiro atoms. The fourth-order valence-electron chi connectivity index (χ4n) is 8.70. The van der Waals surface area contributed by atoms with Gasteiger partial charge in [0.05, 0.1) is 251 Å². The molecule has 0 aromatic rings. The molecule has 6 atom stereocenters. The van der Waals surface area contributed by atoms with Crippen molar-refractivity contribution >= 4 is 0 Å². The molecule has 0 aliphatic heterocycles. The molecule has 0 amide bonds. The maximum absolute atomic E-state index is 6.25. The van der Waals surface area contributed by atoms with Crippen molar-refractivity contribution in [3.8, 4) is 0 Å². The molecule has 0 bridgehead atoms. The van der Waals surface area contributed by atoms with Crippen LogP contribution in [0.1, 0.15) is 136 Å². The van der Waals surface area contributed by atoms with Gasteiger partial charge in [-0.3, -0.25) is 0 Å². The van der Waals surface area contributed by atoms with E-state index in [0.717, 1.165) is 38.9 Å². The van der Waals surface area contributed by atoms with E-state index in [-0.39, 0.29) is 52.0 Å². The third kappa shape index (κ3) is 78.2. The van der Waals surface area contributed by atoms with Crippen LogP contribution in [0.5, 0.6) is 0 Å². The molecule has 0 N–H and O–H groups in total. The van der Waals surface area contributed by atoms with Crippen molar-refractivity contribution in [2.45, 2.75) is 161 Å². The fraction of sp³-hybridized carbons (Fsp3) is 1.00. The molecule has 0 saturated heterocycles. The van der Waals surface area contributed by atoms with E-state index in [0.29, 0.717) is 269 Å². The van der Waals surface area contributed by atoms with Gasteiger partial charge >= 0.3 is 0 Å². The molecule has 0 heterocycles. The Labute approximate surface area is 648 Å². The summed E-state index contributed by atoms with van der Waals surface area (Å²) in [5.74, 6) is 1.14. The van der Waals surface area contributed by atoms with Crippen molar-refractivity contribution in [2.75, 3.05) is 321 Å². The fourth-order valence-corrected chi connectivity index (χ4v) is 8.70. The number of hydrogen-bond acceptors (Lipinski definition) is 26. The molecule has 0 aromatic heterocycles. The summed E-state index contributed by atoms with van der Waals surface area (Å²) in [5.41, 5.74) is 0.367. The summed E-state index contributed by atoms with van der Waals surface area (Å²) in [6, 6.07) is 0. The van der Waals surface area contributed by atoms with Gasteiger partial charge in [0.2, 0.25) is 0 Å². The summed E-state index contributed by atoms with van der Waals surface area (Å²) in [4.78, 5) is 0. The van der Waals surface area contributed by atoms with Crippen LogP contribution in [-0.2, 0) is 123 Å². The third-order valence-corrected chi connectivity index (χ3v) is 16.5. The van der Waals surface area contributed by atoms with Crippen LogP contribution in [0.3, 0.4) is 0 Å². The predicted octanol–water partition coefficient (Wildman–Crippen LogP) is 11.2. The monoisotopic (exact) mass is 1550 g/mol. The van der Waals surface area contributed by atoms with Crippen LogP contribution in [0.15, 0.2) is 0 Å². The van der Waals surface area contributed by atoms with Crippen LogP contribution in [-0.4, -0.2) is 346 Å². The lowest BCUT2D eigenvalue weighted by molar-refractivity contribution is -0.114. The van der Waals surface area contributed by atoms with E-state index in [9.17, 15) is 0 Å². The van der Waals surface area contributed by atoms with E-state index in [4.69, 9.17) is 123 Å². The highest BCUT2D eigenvalue weighted by Crippen LogP contribution is 2.30. The van der Waals surface area contributed by atoms with E-state index >= 15 is 0 Å². The Morgan fingerprint density at radius 3 is 0.566 bits per heavy atom. The minimum atomic E-state index is -0.181. The summed E-state index contributed by atoms with van der Waals surface area (Å²) in [7, 11) is 13.3. The lowest BCUT2D eigenvalue weighted by Gasteiger charge is -2.33. The maximum Gasteiger partial charge on any atom is 0.104 e. The van der Waals surface area contributed by atoms with Crippen LogP contribution in [0.2, 0.25) is 0 Å². The first-order valence-corrected chi connectivity index (χ1v) is 39.3. The highest BCUT2D eigenvalue weighted by molar-refractivity contribution is 4.78. The van der Waals surface area contributed by atoms with Crippen LogP contribution in [0.4, 0.5) is 0 Å². The topological polar surface area (TPSA) is 240 Å². The minimum absolute atomic E-state index is 0.00982. The van der Waals surface area contributed by atoms with Gasteiger partial charge in [-0.2, -0.15) is 0 Å². The molecule has 106 heavy (non-hydrogen) atoms.